The van der Waals surface area contributed by atoms with E-state index in [-0.39, 0.29) is 37.2 Å². The van der Waals surface area contributed by atoms with Crippen molar-refractivity contribution in [2.24, 2.45) is 5.73 Å². The minimum atomic E-state index is -0.528. The first kappa shape index (κ1) is 20.4. The molecule has 7 heteroatoms. The molecule has 1 atom stereocenters. The van der Waals surface area contributed by atoms with E-state index in [0.29, 0.717) is 18.7 Å². The van der Waals surface area contributed by atoms with Crippen molar-refractivity contribution in [3.63, 3.8) is 0 Å². The van der Waals surface area contributed by atoms with Gasteiger partial charge in [0.15, 0.2) is 0 Å². The SMILES string of the molecule is COc1cccc(N2C[C@@H](Cc3ccccc3)N(C(=O)CCC(N)=O)CC2=O)c1. The summed E-state index contributed by atoms with van der Waals surface area (Å²) in [6.07, 6.45) is 0.588. The first-order valence-corrected chi connectivity index (χ1v) is 9.54. The Kier molecular flexibility index (Phi) is 6.49. The minimum absolute atomic E-state index is 0.00701. The Balaban J connectivity index is 1.84. The van der Waals surface area contributed by atoms with Gasteiger partial charge in [-0.15, -0.1) is 0 Å². The fraction of sp³-hybridized carbons (Fsp3) is 0.318. The molecule has 1 heterocycles. The van der Waals surface area contributed by atoms with Crippen LogP contribution in [0.4, 0.5) is 5.69 Å². The van der Waals surface area contributed by atoms with E-state index >= 15 is 0 Å². The first-order valence-electron chi connectivity index (χ1n) is 9.54. The maximum atomic E-state index is 12.8. The van der Waals surface area contributed by atoms with Crippen LogP contribution in [0.25, 0.3) is 0 Å². The summed E-state index contributed by atoms with van der Waals surface area (Å²) in [7, 11) is 1.58. The normalized spacial score (nSPS) is 16.6. The number of piperazine rings is 1. The molecule has 0 saturated carbocycles. The van der Waals surface area contributed by atoms with Crippen LogP contribution in [0.5, 0.6) is 5.75 Å². The van der Waals surface area contributed by atoms with Crippen molar-refractivity contribution in [1.82, 2.24) is 4.90 Å². The predicted molar refractivity (Wildman–Crippen MR) is 109 cm³/mol. The van der Waals surface area contributed by atoms with Crippen molar-refractivity contribution in [3.8, 4) is 5.75 Å². The fourth-order valence-corrected chi connectivity index (χ4v) is 3.53. The van der Waals surface area contributed by atoms with Crippen LogP contribution in [0, 0.1) is 0 Å². The number of primary amides is 1. The van der Waals surface area contributed by atoms with Crippen LogP contribution >= 0.6 is 0 Å². The van der Waals surface area contributed by atoms with E-state index in [9.17, 15) is 14.4 Å². The molecule has 1 fully saturated rings. The third kappa shape index (κ3) is 5.13. The smallest absolute Gasteiger partial charge is 0.246 e. The molecule has 3 amide bonds. The number of benzene rings is 2. The van der Waals surface area contributed by atoms with Crippen molar-refractivity contribution >= 4 is 23.4 Å². The van der Waals surface area contributed by atoms with Crippen LogP contribution in [0.3, 0.4) is 0 Å². The molecule has 0 radical (unpaired) electrons. The number of methoxy groups -OCH3 is 1. The molecular weight excluding hydrogens is 370 g/mol. The van der Waals surface area contributed by atoms with Gasteiger partial charge in [0.1, 0.15) is 12.3 Å². The topological polar surface area (TPSA) is 92.9 Å². The highest BCUT2D eigenvalue weighted by Gasteiger charge is 2.35. The van der Waals surface area contributed by atoms with Crippen molar-refractivity contribution < 1.29 is 19.1 Å². The summed E-state index contributed by atoms with van der Waals surface area (Å²) >= 11 is 0. The molecule has 1 aliphatic rings. The molecule has 0 aromatic heterocycles. The largest absolute Gasteiger partial charge is 0.497 e. The molecule has 152 valence electrons. The van der Waals surface area contributed by atoms with Crippen LogP contribution in [-0.4, -0.2) is 48.9 Å². The Bertz CT molecular complexity index is 885. The number of carbonyl (C=O) groups is 3. The lowest BCUT2D eigenvalue weighted by Gasteiger charge is -2.41. The molecule has 3 rings (SSSR count). The summed E-state index contributed by atoms with van der Waals surface area (Å²) < 4.78 is 5.27. The predicted octanol–water partition coefficient (Wildman–Crippen LogP) is 1.75. The molecule has 29 heavy (non-hydrogen) atoms. The Morgan fingerprint density at radius 2 is 1.86 bits per heavy atom. The summed E-state index contributed by atoms with van der Waals surface area (Å²) in [5.41, 5.74) is 6.99. The highest BCUT2D eigenvalue weighted by atomic mass is 16.5. The zero-order valence-electron chi connectivity index (χ0n) is 16.4. The van der Waals surface area contributed by atoms with Gasteiger partial charge in [0, 0.05) is 31.1 Å². The number of rotatable bonds is 7. The molecule has 0 unspecified atom stereocenters. The second kappa shape index (κ2) is 9.23. The number of hydrogen-bond acceptors (Lipinski definition) is 4. The molecule has 0 bridgehead atoms. The molecule has 2 aromatic carbocycles. The minimum Gasteiger partial charge on any atom is -0.497 e. The second-order valence-corrected chi connectivity index (χ2v) is 7.04. The van der Waals surface area contributed by atoms with E-state index in [4.69, 9.17) is 10.5 Å². The lowest BCUT2D eigenvalue weighted by Crippen LogP contribution is -2.59. The average molecular weight is 395 g/mol. The molecule has 2 N–H and O–H groups in total. The number of nitrogens with zero attached hydrogens (tertiary/aromatic N) is 2. The average Bonchev–Trinajstić information content (AvgIpc) is 2.73. The van der Waals surface area contributed by atoms with Gasteiger partial charge in [-0.25, -0.2) is 0 Å². The van der Waals surface area contributed by atoms with Crippen molar-refractivity contribution in [3.05, 3.63) is 60.2 Å². The first-order chi connectivity index (χ1) is 14.0. The maximum absolute atomic E-state index is 12.8. The molecule has 0 aliphatic carbocycles. The molecular formula is C22H25N3O4. The number of carbonyl (C=O) groups excluding carboxylic acids is 3. The summed E-state index contributed by atoms with van der Waals surface area (Å²) in [5.74, 6) is -0.271. The summed E-state index contributed by atoms with van der Waals surface area (Å²) in [6, 6.07) is 16.9. The van der Waals surface area contributed by atoms with Crippen LogP contribution < -0.4 is 15.4 Å². The van der Waals surface area contributed by atoms with Gasteiger partial charge in [-0.05, 0) is 24.1 Å². The van der Waals surface area contributed by atoms with Crippen molar-refractivity contribution in [2.45, 2.75) is 25.3 Å². The molecule has 1 saturated heterocycles. The van der Waals surface area contributed by atoms with E-state index in [1.807, 2.05) is 54.6 Å². The van der Waals surface area contributed by atoms with E-state index in [1.54, 1.807) is 16.9 Å². The van der Waals surface area contributed by atoms with Gasteiger partial charge < -0.3 is 20.3 Å². The van der Waals surface area contributed by atoms with Crippen LogP contribution in [0.15, 0.2) is 54.6 Å². The third-order valence-corrected chi connectivity index (χ3v) is 5.03. The van der Waals surface area contributed by atoms with Crippen LogP contribution in [-0.2, 0) is 20.8 Å². The highest BCUT2D eigenvalue weighted by Crippen LogP contribution is 2.26. The zero-order valence-corrected chi connectivity index (χ0v) is 16.4. The quantitative estimate of drug-likeness (QED) is 0.773. The number of ether oxygens (including phenoxy) is 1. The summed E-state index contributed by atoms with van der Waals surface area (Å²) in [5, 5.41) is 0. The number of hydrogen-bond donors (Lipinski definition) is 1. The number of amides is 3. The number of nitrogens with two attached hydrogens (primary N) is 1. The molecule has 7 nitrogen and oxygen atoms in total. The van der Waals surface area contributed by atoms with Crippen molar-refractivity contribution in [2.75, 3.05) is 25.1 Å². The van der Waals surface area contributed by atoms with E-state index in [1.165, 1.54) is 0 Å². The highest BCUT2D eigenvalue weighted by molar-refractivity contribution is 5.98. The Hall–Kier alpha value is -3.35. The lowest BCUT2D eigenvalue weighted by atomic mass is 10.0. The van der Waals surface area contributed by atoms with Gasteiger partial charge in [-0.2, -0.15) is 0 Å². The van der Waals surface area contributed by atoms with Gasteiger partial charge in [-0.3, -0.25) is 14.4 Å². The van der Waals surface area contributed by atoms with E-state index in [2.05, 4.69) is 0 Å². The fourth-order valence-electron chi connectivity index (χ4n) is 3.53. The Labute approximate surface area is 170 Å². The standard InChI is InChI=1S/C22H25N3O4/c1-29-19-9-5-8-17(13-19)24-14-18(12-16-6-3-2-4-7-16)25(15-22(24)28)21(27)11-10-20(23)26/h2-9,13,18H,10-12,14-15H2,1H3,(H2,23,26)/t18-/m1/s1. The summed E-state index contributed by atoms with van der Waals surface area (Å²) in [4.78, 5) is 39.9. The van der Waals surface area contributed by atoms with Crippen LogP contribution in [0.1, 0.15) is 18.4 Å². The zero-order chi connectivity index (χ0) is 20.8. The Morgan fingerprint density at radius 3 is 2.55 bits per heavy atom. The van der Waals surface area contributed by atoms with Gasteiger partial charge in [0.2, 0.25) is 17.7 Å². The van der Waals surface area contributed by atoms with E-state index < -0.39 is 5.91 Å². The Morgan fingerprint density at radius 1 is 1.10 bits per heavy atom. The van der Waals surface area contributed by atoms with Gasteiger partial charge in [0.25, 0.3) is 0 Å². The molecule has 1 aliphatic heterocycles. The lowest BCUT2D eigenvalue weighted by molar-refractivity contribution is -0.140. The second-order valence-electron chi connectivity index (χ2n) is 7.04. The summed E-state index contributed by atoms with van der Waals surface area (Å²) in [6.45, 7) is 0.329. The van der Waals surface area contributed by atoms with Crippen molar-refractivity contribution in [1.29, 1.82) is 0 Å². The van der Waals surface area contributed by atoms with E-state index in [0.717, 1.165) is 11.3 Å². The third-order valence-electron chi connectivity index (χ3n) is 5.03. The number of anilines is 1. The van der Waals surface area contributed by atoms with Gasteiger partial charge in [0.05, 0.1) is 13.2 Å². The van der Waals surface area contributed by atoms with Gasteiger partial charge in [-0.1, -0.05) is 36.4 Å². The monoisotopic (exact) mass is 395 g/mol. The molecule has 0 spiro atoms. The molecule has 2 aromatic rings. The maximum Gasteiger partial charge on any atom is 0.246 e. The van der Waals surface area contributed by atoms with Gasteiger partial charge >= 0.3 is 0 Å². The van der Waals surface area contributed by atoms with Crippen LogP contribution in [0.2, 0.25) is 0 Å².